The van der Waals surface area contributed by atoms with Gasteiger partial charge in [0.25, 0.3) is 0 Å². The molecular formula is C20H37BrO3. The van der Waals surface area contributed by atoms with Crippen LogP contribution in [0.5, 0.6) is 0 Å². The molecule has 0 bridgehead atoms. The van der Waals surface area contributed by atoms with Gasteiger partial charge in [-0.25, -0.2) is 0 Å². The molecule has 0 heterocycles. The van der Waals surface area contributed by atoms with Gasteiger partial charge in [0.15, 0.2) is 0 Å². The number of carbonyl (C=O) groups excluding carboxylic acids is 2. The molecule has 0 spiro atoms. The average Bonchev–Trinajstić information content (AvgIpc) is 2.58. The summed E-state index contributed by atoms with van der Waals surface area (Å²) in [4.78, 5) is 22.2. The van der Waals surface area contributed by atoms with Crippen molar-refractivity contribution in [1.82, 2.24) is 0 Å². The molecule has 0 aromatic rings. The van der Waals surface area contributed by atoms with Crippen LogP contribution in [0.1, 0.15) is 110 Å². The Kier molecular flexibility index (Phi) is 18.7. The summed E-state index contributed by atoms with van der Waals surface area (Å²) < 4.78 is 4.59. The second-order valence-corrected chi connectivity index (χ2v) is 7.24. The van der Waals surface area contributed by atoms with E-state index in [2.05, 4.69) is 27.6 Å². The molecule has 0 aliphatic carbocycles. The molecule has 142 valence electrons. The highest BCUT2D eigenvalue weighted by Gasteiger charge is 2.07. The zero-order valence-corrected chi connectivity index (χ0v) is 17.2. The van der Waals surface area contributed by atoms with Crippen LogP contribution < -0.4 is 0 Å². The largest absolute Gasteiger partial charge is 0.393 e. The van der Waals surface area contributed by atoms with Gasteiger partial charge in [-0.05, 0) is 6.42 Å². The first-order chi connectivity index (χ1) is 11.7. The van der Waals surface area contributed by atoms with Crippen LogP contribution >= 0.6 is 15.9 Å². The summed E-state index contributed by atoms with van der Waals surface area (Å²) in [6, 6.07) is 0. The number of alkyl halides is 1. The maximum absolute atomic E-state index is 11.3. The molecule has 0 aromatic carbocycles. The van der Waals surface area contributed by atoms with Crippen molar-refractivity contribution in [2.24, 2.45) is 0 Å². The third kappa shape index (κ3) is 18.0. The minimum absolute atomic E-state index is 0.0809. The van der Waals surface area contributed by atoms with E-state index in [0.29, 0.717) is 6.42 Å². The first kappa shape index (κ1) is 23.6. The SMILES string of the molecule is CCCCCCCCCCCCCCCCCC(=O)OC(=O)CBr. The first-order valence-electron chi connectivity index (χ1n) is 10.00. The van der Waals surface area contributed by atoms with E-state index in [4.69, 9.17) is 0 Å². The van der Waals surface area contributed by atoms with Crippen molar-refractivity contribution in [2.75, 3.05) is 5.33 Å². The molecule has 0 rings (SSSR count). The zero-order chi connectivity index (χ0) is 17.9. The van der Waals surface area contributed by atoms with E-state index < -0.39 is 11.9 Å². The smallest absolute Gasteiger partial charge is 0.324 e. The number of ether oxygens (including phenoxy) is 1. The van der Waals surface area contributed by atoms with Crippen LogP contribution in [0.2, 0.25) is 0 Å². The molecule has 0 fully saturated rings. The van der Waals surface area contributed by atoms with Crippen LogP contribution in [-0.2, 0) is 14.3 Å². The molecule has 0 amide bonds. The Morgan fingerprint density at radius 3 is 1.38 bits per heavy atom. The predicted molar refractivity (Wildman–Crippen MR) is 104 cm³/mol. The highest BCUT2D eigenvalue weighted by Crippen LogP contribution is 2.13. The summed E-state index contributed by atoms with van der Waals surface area (Å²) in [6.45, 7) is 2.27. The van der Waals surface area contributed by atoms with Crippen LogP contribution in [0.15, 0.2) is 0 Å². The van der Waals surface area contributed by atoms with Gasteiger partial charge in [-0.2, -0.15) is 0 Å². The lowest BCUT2D eigenvalue weighted by Crippen LogP contribution is -2.12. The van der Waals surface area contributed by atoms with Crippen LogP contribution in [0, 0.1) is 0 Å². The Morgan fingerprint density at radius 1 is 0.625 bits per heavy atom. The molecule has 3 nitrogen and oxygen atoms in total. The van der Waals surface area contributed by atoms with Gasteiger partial charge in [0, 0.05) is 6.42 Å². The number of halogens is 1. The number of hydrogen-bond donors (Lipinski definition) is 0. The molecule has 24 heavy (non-hydrogen) atoms. The molecule has 0 unspecified atom stereocenters. The number of esters is 2. The lowest BCUT2D eigenvalue weighted by molar-refractivity contribution is -0.157. The molecule has 0 saturated carbocycles. The number of unbranched alkanes of at least 4 members (excludes halogenated alkanes) is 14. The zero-order valence-electron chi connectivity index (χ0n) is 15.6. The molecule has 0 aromatic heterocycles. The predicted octanol–water partition coefficient (Wildman–Crippen LogP) is 6.71. The van der Waals surface area contributed by atoms with Gasteiger partial charge < -0.3 is 4.74 Å². The standard InChI is InChI=1S/C20H37BrO3/c1-2-3-4-5-6-7-8-9-10-11-12-13-14-15-16-17-19(22)24-20(23)18-21/h2-18H2,1H3. The summed E-state index contributed by atoms with van der Waals surface area (Å²) in [5, 5.41) is 0.0809. The fraction of sp³-hybridized carbons (Fsp3) is 0.900. The van der Waals surface area contributed by atoms with Gasteiger partial charge in [-0.15, -0.1) is 0 Å². The minimum atomic E-state index is -0.499. The van der Waals surface area contributed by atoms with Crippen LogP contribution in [-0.4, -0.2) is 17.3 Å². The second kappa shape index (κ2) is 19.0. The molecule has 0 radical (unpaired) electrons. The highest BCUT2D eigenvalue weighted by atomic mass is 79.9. The van der Waals surface area contributed by atoms with Crippen molar-refractivity contribution in [1.29, 1.82) is 0 Å². The monoisotopic (exact) mass is 404 g/mol. The van der Waals surface area contributed by atoms with E-state index in [1.54, 1.807) is 0 Å². The molecule has 0 aliphatic rings. The van der Waals surface area contributed by atoms with Crippen molar-refractivity contribution in [3.63, 3.8) is 0 Å². The highest BCUT2D eigenvalue weighted by molar-refractivity contribution is 9.09. The summed E-state index contributed by atoms with van der Waals surface area (Å²) in [7, 11) is 0. The van der Waals surface area contributed by atoms with Crippen LogP contribution in [0.25, 0.3) is 0 Å². The Balaban J connectivity index is 3.12. The third-order valence-electron chi connectivity index (χ3n) is 4.32. The van der Waals surface area contributed by atoms with Gasteiger partial charge >= 0.3 is 11.9 Å². The van der Waals surface area contributed by atoms with Gasteiger partial charge in [-0.1, -0.05) is 113 Å². The normalized spacial score (nSPS) is 10.8. The van der Waals surface area contributed by atoms with Gasteiger partial charge in [-0.3, -0.25) is 9.59 Å². The minimum Gasteiger partial charge on any atom is -0.393 e. The summed E-state index contributed by atoms with van der Waals surface area (Å²) in [5.41, 5.74) is 0. The lowest BCUT2D eigenvalue weighted by atomic mass is 10.0. The van der Waals surface area contributed by atoms with Gasteiger partial charge in [0.1, 0.15) is 5.33 Å². The molecule has 0 saturated heterocycles. The fourth-order valence-corrected chi connectivity index (χ4v) is 2.96. The number of hydrogen-bond acceptors (Lipinski definition) is 3. The topological polar surface area (TPSA) is 43.4 Å². The second-order valence-electron chi connectivity index (χ2n) is 6.68. The Morgan fingerprint density at radius 2 is 1.00 bits per heavy atom. The Labute approximate surface area is 157 Å². The maximum atomic E-state index is 11.3. The lowest BCUT2D eigenvalue weighted by Gasteiger charge is -2.03. The summed E-state index contributed by atoms with van der Waals surface area (Å²) in [5.74, 6) is -0.893. The molecule has 0 N–H and O–H groups in total. The van der Waals surface area contributed by atoms with Crippen molar-refractivity contribution < 1.29 is 14.3 Å². The van der Waals surface area contributed by atoms with E-state index >= 15 is 0 Å². The van der Waals surface area contributed by atoms with Crippen LogP contribution in [0.3, 0.4) is 0 Å². The van der Waals surface area contributed by atoms with Gasteiger partial charge in [0.05, 0.1) is 0 Å². The Hall–Kier alpha value is -0.380. The maximum Gasteiger partial charge on any atom is 0.324 e. The summed E-state index contributed by atoms with van der Waals surface area (Å²) >= 11 is 2.97. The van der Waals surface area contributed by atoms with E-state index in [-0.39, 0.29) is 5.33 Å². The van der Waals surface area contributed by atoms with E-state index in [1.807, 2.05) is 0 Å². The molecule has 0 aliphatic heterocycles. The van der Waals surface area contributed by atoms with Gasteiger partial charge in [0.2, 0.25) is 0 Å². The quantitative estimate of drug-likeness (QED) is 0.117. The fourth-order valence-electron chi connectivity index (χ4n) is 2.85. The van der Waals surface area contributed by atoms with Crippen LogP contribution in [0.4, 0.5) is 0 Å². The summed E-state index contributed by atoms with van der Waals surface area (Å²) in [6.07, 6.45) is 19.9. The number of rotatable bonds is 17. The molecule has 4 heteroatoms. The molecule has 0 atom stereocenters. The third-order valence-corrected chi connectivity index (χ3v) is 4.78. The van der Waals surface area contributed by atoms with E-state index in [1.165, 1.54) is 83.5 Å². The molecular weight excluding hydrogens is 368 g/mol. The van der Waals surface area contributed by atoms with Crippen molar-refractivity contribution in [3.05, 3.63) is 0 Å². The first-order valence-corrected chi connectivity index (χ1v) is 11.1. The van der Waals surface area contributed by atoms with E-state index in [9.17, 15) is 9.59 Å². The average molecular weight is 405 g/mol. The number of carbonyl (C=O) groups is 2. The van der Waals surface area contributed by atoms with E-state index in [0.717, 1.165) is 12.8 Å². The Bertz CT molecular complexity index is 305. The van der Waals surface area contributed by atoms with Crippen molar-refractivity contribution in [3.8, 4) is 0 Å². The van der Waals surface area contributed by atoms with Crippen molar-refractivity contribution >= 4 is 27.9 Å². The van der Waals surface area contributed by atoms with Crippen molar-refractivity contribution in [2.45, 2.75) is 110 Å².